The SMILES string of the molecule is C[C](C)CN1CCC(Cc2ccc(Br)cc2)CC1. The van der Waals surface area contributed by atoms with E-state index in [0.29, 0.717) is 0 Å². The fraction of sp³-hybridized carbons (Fsp3) is 0.562. The first-order valence-corrected chi connectivity index (χ1v) is 7.68. The van der Waals surface area contributed by atoms with Crippen LogP contribution >= 0.6 is 15.9 Å². The maximum atomic E-state index is 3.49. The Morgan fingerprint density at radius 1 is 1.17 bits per heavy atom. The number of benzene rings is 1. The second-order valence-corrected chi connectivity index (χ2v) is 6.67. The molecule has 1 saturated heterocycles. The molecule has 1 aliphatic heterocycles. The first kappa shape index (κ1) is 14.1. The van der Waals surface area contributed by atoms with E-state index in [0.717, 1.165) is 5.92 Å². The molecule has 1 radical (unpaired) electrons. The van der Waals surface area contributed by atoms with Crippen LogP contribution in [0.5, 0.6) is 0 Å². The van der Waals surface area contributed by atoms with Gasteiger partial charge in [0, 0.05) is 11.0 Å². The van der Waals surface area contributed by atoms with Crippen LogP contribution in [-0.2, 0) is 6.42 Å². The van der Waals surface area contributed by atoms with Gasteiger partial charge in [0.25, 0.3) is 0 Å². The van der Waals surface area contributed by atoms with E-state index >= 15 is 0 Å². The lowest BCUT2D eigenvalue weighted by Crippen LogP contribution is -2.36. The summed E-state index contributed by atoms with van der Waals surface area (Å²) in [5.74, 6) is 2.40. The number of hydrogen-bond donors (Lipinski definition) is 0. The van der Waals surface area contributed by atoms with Crippen LogP contribution in [0.2, 0.25) is 0 Å². The topological polar surface area (TPSA) is 3.24 Å². The largest absolute Gasteiger partial charge is 0.303 e. The van der Waals surface area contributed by atoms with Crippen molar-refractivity contribution in [3.8, 4) is 0 Å². The van der Waals surface area contributed by atoms with E-state index in [1.165, 1.54) is 54.9 Å². The summed E-state index contributed by atoms with van der Waals surface area (Å²) >= 11 is 3.49. The summed E-state index contributed by atoms with van der Waals surface area (Å²) in [7, 11) is 0. The number of likely N-dealkylation sites (tertiary alicyclic amines) is 1. The van der Waals surface area contributed by atoms with Crippen molar-refractivity contribution in [3.63, 3.8) is 0 Å². The molecular formula is C16H23BrN. The molecule has 0 aromatic heterocycles. The van der Waals surface area contributed by atoms with Gasteiger partial charge in [-0.3, -0.25) is 0 Å². The molecule has 0 amide bonds. The molecule has 1 nitrogen and oxygen atoms in total. The molecule has 0 unspecified atom stereocenters. The Balaban J connectivity index is 1.78. The molecule has 99 valence electrons. The average Bonchev–Trinajstić information content (AvgIpc) is 2.34. The van der Waals surface area contributed by atoms with Gasteiger partial charge in [-0.1, -0.05) is 41.9 Å². The van der Waals surface area contributed by atoms with E-state index in [1.807, 2.05) is 0 Å². The van der Waals surface area contributed by atoms with Crippen molar-refractivity contribution in [3.05, 3.63) is 40.2 Å². The summed E-state index contributed by atoms with van der Waals surface area (Å²) in [5.41, 5.74) is 1.48. The maximum Gasteiger partial charge on any atom is 0.0175 e. The molecule has 0 spiro atoms. The predicted octanol–water partition coefficient (Wildman–Crippen LogP) is 4.32. The highest BCUT2D eigenvalue weighted by Gasteiger charge is 2.19. The van der Waals surface area contributed by atoms with Crippen molar-refractivity contribution in [2.75, 3.05) is 19.6 Å². The van der Waals surface area contributed by atoms with Gasteiger partial charge in [0.2, 0.25) is 0 Å². The highest BCUT2D eigenvalue weighted by molar-refractivity contribution is 9.10. The second kappa shape index (κ2) is 6.72. The van der Waals surface area contributed by atoms with Crippen molar-refractivity contribution in [2.24, 2.45) is 5.92 Å². The number of rotatable bonds is 4. The van der Waals surface area contributed by atoms with Crippen molar-refractivity contribution >= 4 is 15.9 Å². The van der Waals surface area contributed by atoms with Gasteiger partial charge in [-0.25, -0.2) is 0 Å². The Morgan fingerprint density at radius 3 is 2.33 bits per heavy atom. The van der Waals surface area contributed by atoms with E-state index in [1.54, 1.807) is 0 Å². The standard InChI is InChI=1S/C16H23BrN/c1-13(2)12-18-9-7-15(8-10-18)11-14-3-5-16(17)6-4-14/h3-6,15H,7-12H2,1-2H3. The molecule has 0 aliphatic carbocycles. The lowest BCUT2D eigenvalue weighted by Gasteiger charge is -2.32. The van der Waals surface area contributed by atoms with Crippen LogP contribution < -0.4 is 0 Å². The molecule has 1 fully saturated rings. The summed E-state index contributed by atoms with van der Waals surface area (Å²) < 4.78 is 1.18. The van der Waals surface area contributed by atoms with Gasteiger partial charge in [0.1, 0.15) is 0 Å². The van der Waals surface area contributed by atoms with Crippen molar-refractivity contribution < 1.29 is 0 Å². The first-order valence-electron chi connectivity index (χ1n) is 6.89. The lowest BCUT2D eigenvalue weighted by molar-refractivity contribution is 0.190. The van der Waals surface area contributed by atoms with Crippen LogP contribution in [0.25, 0.3) is 0 Å². The molecule has 1 aromatic rings. The van der Waals surface area contributed by atoms with Gasteiger partial charge < -0.3 is 4.90 Å². The van der Waals surface area contributed by atoms with Crippen molar-refractivity contribution in [1.82, 2.24) is 4.90 Å². The Bertz CT molecular complexity index is 350. The molecule has 1 aliphatic rings. The average molecular weight is 309 g/mol. The van der Waals surface area contributed by atoms with Gasteiger partial charge in [-0.15, -0.1) is 0 Å². The summed E-state index contributed by atoms with van der Waals surface area (Å²) in [5, 5.41) is 0. The molecule has 0 atom stereocenters. The molecule has 1 aromatic carbocycles. The fourth-order valence-electron chi connectivity index (χ4n) is 2.75. The number of hydrogen-bond acceptors (Lipinski definition) is 1. The summed E-state index contributed by atoms with van der Waals surface area (Å²) in [6.07, 6.45) is 3.95. The Kier molecular flexibility index (Phi) is 5.25. The molecule has 2 rings (SSSR count). The smallest absolute Gasteiger partial charge is 0.0175 e. The van der Waals surface area contributed by atoms with Gasteiger partial charge in [0.15, 0.2) is 0 Å². The lowest BCUT2D eigenvalue weighted by atomic mass is 9.90. The predicted molar refractivity (Wildman–Crippen MR) is 81.6 cm³/mol. The Morgan fingerprint density at radius 2 is 1.78 bits per heavy atom. The molecule has 0 saturated carbocycles. The molecule has 1 heterocycles. The monoisotopic (exact) mass is 308 g/mol. The highest BCUT2D eigenvalue weighted by Crippen LogP contribution is 2.23. The minimum absolute atomic E-state index is 0.875. The molecule has 0 bridgehead atoms. The van der Waals surface area contributed by atoms with E-state index in [9.17, 15) is 0 Å². The zero-order valence-electron chi connectivity index (χ0n) is 11.5. The Hall–Kier alpha value is -0.340. The van der Waals surface area contributed by atoms with Crippen LogP contribution in [0.1, 0.15) is 32.3 Å². The third-order valence-corrected chi connectivity index (χ3v) is 4.21. The van der Waals surface area contributed by atoms with E-state index in [-0.39, 0.29) is 0 Å². The molecule has 2 heteroatoms. The van der Waals surface area contributed by atoms with Crippen LogP contribution in [0, 0.1) is 11.8 Å². The first-order chi connectivity index (χ1) is 8.63. The van der Waals surface area contributed by atoms with Gasteiger partial charge >= 0.3 is 0 Å². The van der Waals surface area contributed by atoms with Crippen molar-refractivity contribution in [2.45, 2.75) is 33.1 Å². The third-order valence-electron chi connectivity index (χ3n) is 3.68. The van der Waals surface area contributed by atoms with Crippen LogP contribution in [0.3, 0.4) is 0 Å². The Labute approximate surface area is 120 Å². The van der Waals surface area contributed by atoms with E-state index in [4.69, 9.17) is 0 Å². The van der Waals surface area contributed by atoms with Gasteiger partial charge in [0.05, 0.1) is 0 Å². The van der Waals surface area contributed by atoms with Gasteiger partial charge in [-0.05, 0) is 61.9 Å². The zero-order chi connectivity index (χ0) is 13.0. The maximum absolute atomic E-state index is 3.49. The quantitative estimate of drug-likeness (QED) is 0.801. The summed E-state index contributed by atoms with van der Waals surface area (Å²) in [4.78, 5) is 2.59. The molecular weight excluding hydrogens is 286 g/mol. The minimum Gasteiger partial charge on any atom is -0.303 e. The summed E-state index contributed by atoms with van der Waals surface area (Å²) in [6.45, 7) is 8.19. The highest BCUT2D eigenvalue weighted by atomic mass is 79.9. The van der Waals surface area contributed by atoms with Crippen LogP contribution in [-0.4, -0.2) is 24.5 Å². The van der Waals surface area contributed by atoms with Crippen molar-refractivity contribution in [1.29, 1.82) is 0 Å². The normalized spacial score (nSPS) is 18.4. The number of halogens is 1. The fourth-order valence-corrected chi connectivity index (χ4v) is 3.01. The summed E-state index contributed by atoms with van der Waals surface area (Å²) in [6, 6.07) is 8.81. The minimum atomic E-state index is 0.875. The third kappa shape index (κ3) is 4.40. The number of nitrogens with zero attached hydrogens (tertiary/aromatic N) is 1. The van der Waals surface area contributed by atoms with E-state index < -0.39 is 0 Å². The van der Waals surface area contributed by atoms with Gasteiger partial charge in [-0.2, -0.15) is 0 Å². The van der Waals surface area contributed by atoms with Crippen LogP contribution in [0.15, 0.2) is 28.7 Å². The zero-order valence-corrected chi connectivity index (χ0v) is 13.0. The van der Waals surface area contributed by atoms with Crippen LogP contribution in [0.4, 0.5) is 0 Å². The number of piperidine rings is 1. The van der Waals surface area contributed by atoms with E-state index in [2.05, 4.69) is 58.9 Å². The molecule has 0 N–H and O–H groups in total. The second-order valence-electron chi connectivity index (χ2n) is 5.76. The molecule has 18 heavy (non-hydrogen) atoms.